The summed E-state index contributed by atoms with van der Waals surface area (Å²) in [4.78, 5) is 0. The van der Waals surface area contributed by atoms with Crippen molar-refractivity contribution >= 4 is 15.9 Å². The molecule has 106 valence electrons. The van der Waals surface area contributed by atoms with Crippen molar-refractivity contribution in [3.05, 3.63) is 35.4 Å². The van der Waals surface area contributed by atoms with E-state index < -0.39 is 0 Å². The fraction of sp³-hybridized carbons (Fsp3) is 0.647. The Morgan fingerprint density at radius 2 is 2.11 bits per heavy atom. The van der Waals surface area contributed by atoms with Gasteiger partial charge in [-0.15, -0.1) is 0 Å². The van der Waals surface area contributed by atoms with Crippen molar-refractivity contribution in [2.75, 3.05) is 5.33 Å². The van der Waals surface area contributed by atoms with Crippen LogP contribution in [0.5, 0.6) is 0 Å². The Bertz CT molecular complexity index is 413. The number of aryl methyl sites for hydroxylation is 1. The van der Waals surface area contributed by atoms with Crippen molar-refractivity contribution in [2.45, 2.75) is 58.2 Å². The van der Waals surface area contributed by atoms with E-state index in [1.165, 1.54) is 30.4 Å². The van der Waals surface area contributed by atoms with Gasteiger partial charge in [0.1, 0.15) is 0 Å². The standard InChI is InChI=1S/C17H25BrO/c1-13-6-4-5-7-15(13)10-14(12-18)11-16-8-9-17(2,3)19-16/h4-7,14,16H,8-12H2,1-3H3. The van der Waals surface area contributed by atoms with Gasteiger partial charge in [-0.05, 0) is 63.5 Å². The Kier molecular flexibility index (Phi) is 5.08. The summed E-state index contributed by atoms with van der Waals surface area (Å²) in [6, 6.07) is 8.72. The largest absolute Gasteiger partial charge is 0.372 e. The van der Waals surface area contributed by atoms with Gasteiger partial charge in [0.2, 0.25) is 0 Å². The van der Waals surface area contributed by atoms with E-state index in [4.69, 9.17) is 4.74 Å². The normalized spacial score (nSPS) is 23.5. The third kappa shape index (κ3) is 4.32. The molecule has 1 heterocycles. The lowest BCUT2D eigenvalue weighted by atomic mass is 9.92. The summed E-state index contributed by atoms with van der Waals surface area (Å²) in [5.41, 5.74) is 2.97. The molecule has 1 fully saturated rings. The molecule has 0 aliphatic carbocycles. The molecule has 0 radical (unpaired) electrons. The van der Waals surface area contributed by atoms with Gasteiger partial charge in [0.15, 0.2) is 0 Å². The van der Waals surface area contributed by atoms with Crippen molar-refractivity contribution < 1.29 is 4.74 Å². The Hall–Kier alpha value is -0.340. The van der Waals surface area contributed by atoms with Gasteiger partial charge in [0.25, 0.3) is 0 Å². The van der Waals surface area contributed by atoms with E-state index in [0.29, 0.717) is 12.0 Å². The first kappa shape index (κ1) is 15.1. The van der Waals surface area contributed by atoms with Crippen LogP contribution in [0.4, 0.5) is 0 Å². The van der Waals surface area contributed by atoms with Crippen LogP contribution in [0.3, 0.4) is 0 Å². The lowest BCUT2D eigenvalue weighted by Crippen LogP contribution is -2.22. The number of hydrogen-bond acceptors (Lipinski definition) is 1. The molecule has 1 aromatic carbocycles. The smallest absolute Gasteiger partial charge is 0.0631 e. The molecule has 0 spiro atoms. The first-order valence-corrected chi connectivity index (χ1v) is 8.40. The summed E-state index contributed by atoms with van der Waals surface area (Å²) < 4.78 is 6.13. The summed E-state index contributed by atoms with van der Waals surface area (Å²) in [7, 11) is 0. The summed E-state index contributed by atoms with van der Waals surface area (Å²) in [6.07, 6.45) is 5.17. The predicted molar refractivity (Wildman–Crippen MR) is 85.0 cm³/mol. The quantitative estimate of drug-likeness (QED) is 0.700. The van der Waals surface area contributed by atoms with E-state index in [1.807, 2.05) is 0 Å². The molecule has 1 aliphatic rings. The Balaban J connectivity index is 1.93. The van der Waals surface area contributed by atoms with Crippen LogP contribution in [0.2, 0.25) is 0 Å². The number of alkyl halides is 1. The minimum atomic E-state index is 0.0875. The maximum atomic E-state index is 6.13. The van der Waals surface area contributed by atoms with Crippen molar-refractivity contribution in [3.63, 3.8) is 0 Å². The molecule has 0 N–H and O–H groups in total. The van der Waals surface area contributed by atoms with Gasteiger partial charge >= 0.3 is 0 Å². The summed E-state index contributed by atoms with van der Waals surface area (Å²) in [5, 5.41) is 1.06. The second-order valence-electron chi connectivity index (χ2n) is 6.42. The van der Waals surface area contributed by atoms with Crippen LogP contribution in [-0.2, 0) is 11.2 Å². The van der Waals surface area contributed by atoms with E-state index in [9.17, 15) is 0 Å². The van der Waals surface area contributed by atoms with Crippen molar-refractivity contribution in [2.24, 2.45) is 5.92 Å². The van der Waals surface area contributed by atoms with Gasteiger partial charge in [0, 0.05) is 5.33 Å². The Morgan fingerprint density at radius 3 is 2.68 bits per heavy atom. The molecule has 2 unspecified atom stereocenters. The molecule has 1 nitrogen and oxygen atoms in total. The van der Waals surface area contributed by atoms with E-state index in [2.05, 4.69) is 61.0 Å². The molecule has 0 bridgehead atoms. The second-order valence-corrected chi connectivity index (χ2v) is 7.07. The van der Waals surface area contributed by atoms with Gasteiger partial charge in [-0.1, -0.05) is 40.2 Å². The number of hydrogen-bond donors (Lipinski definition) is 0. The average Bonchev–Trinajstić information content (AvgIpc) is 2.70. The fourth-order valence-electron chi connectivity index (χ4n) is 2.97. The molecule has 2 heteroatoms. The molecular weight excluding hydrogens is 300 g/mol. The maximum absolute atomic E-state index is 6.13. The van der Waals surface area contributed by atoms with Crippen LogP contribution < -0.4 is 0 Å². The van der Waals surface area contributed by atoms with Gasteiger partial charge in [-0.25, -0.2) is 0 Å². The molecule has 0 aromatic heterocycles. The molecule has 19 heavy (non-hydrogen) atoms. The third-order valence-electron chi connectivity index (χ3n) is 4.14. The predicted octanol–water partition coefficient (Wildman–Crippen LogP) is 4.90. The summed E-state index contributed by atoms with van der Waals surface area (Å²) in [5.74, 6) is 0.667. The SMILES string of the molecule is Cc1ccccc1CC(CBr)CC1CCC(C)(C)O1. The van der Waals surface area contributed by atoms with Gasteiger partial charge in [-0.2, -0.15) is 0 Å². The zero-order chi connectivity index (χ0) is 13.9. The topological polar surface area (TPSA) is 9.23 Å². The summed E-state index contributed by atoms with van der Waals surface area (Å²) >= 11 is 3.68. The van der Waals surface area contributed by atoms with Crippen molar-refractivity contribution in [1.82, 2.24) is 0 Å². The van der Waals surface area contributed by atoms with Crippen LogP contribution in [0.15, 0.2) is 24.3 Å². The molecule has 2 rings (SSSR count). The molecule has 1 saturated heterocycles. The van der Waals surface area contributed by atoms with Crippen molar-refractivity contribution in [1.29, 1.82) is 0 Å². The number of rotatable bonds is 5. The van der Waals surface area contributed by atoms with Crippen LogP contribution in [0, 0.1) is 12.8 Å². The second kappa shape index (κ2) is 6.41. The fourth-order valence-corrected chi connectivity index (χ4v) is 3.46. The van der Waals surface area contributed by atoms with Crippen molar-refractivity contribution in [3.8, 4) is 0 Å². The first-order chi connectivity index (χ1) is 9.00. The minimum absolute atomic E-state index is 0.0875. The molecule has 2 atom stereocenters. The zero-order valence-electron chi connectivity index (χ0n) is 12.3. The first-order valence-electron chi connectivity index (χ1n) is 7.28. The highest BCUT2D eigenvalue weighted by molar-refractivity contribution is 9.09. The van der Waals surface area contributed by atoms with E-state index >= 15 is 0 Å². The minimum Gasteiger partial charge on any atom is -0.372 e. The summed E-state index contributed by atoms with van der Waals surface area (Å²) in [6.45, 7) is 6.62. The molecule has 0 amide bonds. The van der Waals surface area contributed by atoms with E-state index in [-0.39, 0.29) is 5.60 Å². The van der Waals surface area contributed by atoms with E-state index in [0.717, 1.165) is 11.8 Å². The van der Waals surface area contributed by atoms with Crippen LogP contribution in [-0.4, -0.2) is 17.0 Å². The lowest BCUT2D eigenvalue weighted by Gasteiger charge is -2.23. The Labute approximate surface area is 125 Å². The van der Waals surface area contributed by atoms with Crippen LogP contribution >= 0.6 is 15.9 Å². The molecule has 1 aromatic rings. The van der Waals surface area contributed by atoms with Gasteiger partial charge in [-0.3, -0.25) is 0 Å². The zero-order valence-corrected chi connectivity index (χ0v) is 13.9. The molecular formula is C17H25BrO. The third-order valence-corrected chi connectivity index (χ3v) is 5.05. The monoisotopic (exact) mass is 324 g/mol. The molecule has 1 aliphatic heterocycles. The highest BCUT2D eigenvalue weighted by Gasteiger charge is 2.32. The van der Waals surface area contributed by atoms with Gasteiger partial charge < -0.3 is 4.74 Å². The highest BCUT2D eigenvalue weighted by Crippen LogP contribution is 2.33. The number of benzene rings is 1. The highest BCUT2D eigenvalue weighted by atomic mass is 79.9. The lowest BCUT2D eigenvalue weighted by molar-refractivity contribution is -0.0233. The Morgan fingerprint density at radius 1 is 1.37 bits per heavy atom. The molecule has 0 saturated carbocycles. The van der Waals surface area contributed by atoms with E-state index in [1.54, 1.807) is 0 Å². The number of halogens is 1. The van der Waals surface area contributed by atoms with Crippen LogP contribution in [0.1, 0.15) is 44.2 Å². The van der Waals surface area contributed by atoms with Crippen LogP contribution in [0.25, 0.3) is 0 Å². The van der Waals surface area contributed by atoms with Gasteiger partial charge in [0.05, 0.1) is 11.7 Å². The maximum Gasteiger partial charge on any atom is 0.0631 e. The average molecular weight is 325 g/mol. The number of ether oxygens (including phenoxy) is 1.